The molecule has 0 saturated carbocycles. The van der Waals surface area contributed by atoms with Crippen molar-refractivity contribution in [2.24, 2.45) is 0 Å². The first-order chi connectivity index (χ1) is 9.15. The molecule has 0 N–H and O–H groups in total. The SMILES string of the molecule is CCN(c1cccc(F)c1)c1ccc(Br)cc1CBr. The molecule has 2 aromatic rings. The Morgan fingerprint density at radius 3 is 2.58 bits per heavy atom. The van der Waals surface area contributed by atoms with E-state index in [1.54, 1.807) is 12.1 Å². The molecule has 0 fully saturated rings. The number of alkyl halides is 1. The average Bonchev–Trinajstić information content (AvgIpc) is 2.41. The van der Waals surface area contributed by atoms with Crippen LogP contribution in [0.5, 0.6) is 0 Å². The maximum atomic E-state index is 13.4. The van der Waals surface area contributed by atoms with Gasteiger partial charge in [0.2, 0.25) is 0 Å². The molecule has 100 valence electrons. The molecule has 0 aliphatic rings. The van der Waals surface area contributed by atoms with Crippen molar-refractivity contribution in [2.45, 2.75) is 12.3 Å². The molecule has 0 aliphatic heterocycles. The number of hydrogen-bond donors (Lipinski definition) is 0. The van der Waals surface area contributed by atoms with Crippen molar-refractivity contribution in [3.05, 3.63) is 58.3 Å². The van der Waals surface area contributed by atoms with Crippen molar-refractivity contribution in [1.29, 1.82) is 0 Å². The van der Waals surface area contributed by atoms with Crippen molar-refractivity contribution in [3.8, 4) is 0 Å². The van der Waals surface area contributed by atoms with Gasteiger partial charge >= 0.3 is 0 Å². The van der Waals surface area contributed by atoms with E-state index < -0.39 is 0 Å². The van der Waals surface area contributed by atoms with Crippen LogP contribution in [-0.4, -0.2) is 6.54 Å². The highest BCUT2D eigenvalue weighted by Gasteiger charge is 2.12. The van der Waals surface area contributed by atoms with Crippen LogP contribution < -0.4 is 4.90 Å². The van der Waals surface area contributed by atoms with E-state index in [4.69, 9.17) is 0 Å². The normalized spacial score (nSPS) is 10.5. The molecular weight excluding hydrogens is 373 g/mol. The number of halogens is 3. The molecule has 0 aliphatic carbocycles. The zero-order chi connectivity index (χ0) is 13.8. The van der Waals surface area contributed by atoms with Gasteiger partial charge in [0.1, 0.15) is 5.82 Å². The number of benzene rings is 2. The van der Waals surface area contributed by atoms with Crippen molar-refractivity contribution < 1.29 is 4.39 Å². The Balaban J connectivity index is 2.48. The minimum atomic E-state index is -0.214. The fraction of sp³-hybridized carbons (Fsp3) is 0.200. The smallest absolute Gasteiger partial charge is 0.125 e. The van der Waals surface area contributed by atoms with E-state index in [-0.39, 0.29) is 5.82 Å². The Morgan fingerprint density at radius 2 is 1.95 bits per heavy atom. The Labute approximate surface area is 129 Å². The van der Waals surface area contributed by atoms with Crippen LogP contribution in [0.3, 0.4) is 0 Å². The third kappa shape index (κ3) is 3.37. The largest absolute Gasteiger partial charge is 0.341 e. The molecular formula is C15H14Br2FN. The van der Waals surface area contributed by atoms with Gasteiger partial charge < -0.3 is 4.90 Å². The quantitative estimate of drug-likeness (QED) is 0.614. The van der Waals surface area contributed by atoms with Crippen molar-refractivity contribution in [1.82, 2.24) is 0 Å². The summed E-state index contributed by atoms with van der Waals surface area (Å²) in [6.45, 7) is 2.84. The van der Waals surface area contributed by atoms with E-state index in [0.29, 0.717) is 0 Å². The maximum absolute atomic E-state index is 13.4. The topological polar surface area (TPSA) is 3.24 Å². The molecule has 0 spiro atoms. The molecule has 19 heavy (non-hydrogen) atoms. The lowest BCUT2D eigenvalue weighted by Crippen LogP contribution is -2.17. The summed E-state index contributed by atoms with van der Waals surface area (Å²) >= 11 is 6.98. The lowest BCUT2D eigenvalue weighted by Gasteiger charge is -2.25. The highest BCUT2D eigenvalue weighted by molar-refractivity contribution is 9.10. The fourth-order valence-electron chi connectivity index (χ4n) is 2.06. The van der Waals surface area contributed by atoms with Gasteiger partial charge in [-0.15, -0.1) is 0 Å². The second-order valence-corrected chi connectivity index (χ2v) is 5.61. The molecule has 0 unspecified atom stereocenters. The van der Waals surface area contributed by atoms with Gasteiger partial charge in [0, 0.05) is 27.7 Å². The first-order valence-electron chi connectivity index (χ1n) is 6.03. The second-order valence-electron chi connectivity index (χ2n) is 4.13. The van der Waals surface area contributed by atoms with E-state index in [0.717, 1.165) is 27.7 Å². The minimum absolute atomic E-state index is 0.214. The summed E-state index contributed by atoms with van der Waals surface area (Å²) in [6.07, 6.45) is 0. The Kier molecular flexibility index (Phi) is 4.99. The van der Waals surface area contributed by atoms with Crippen LogP contribution in [0.4, 0.5) is 15.8 Å². The van der Waals surface area contributed by atoms with Crippen LogP contribution in [0.1, 0.15) is 12.5 Å². The van der Waals surface area contributed by atoms with Crippen LogP contribution in [0.15, 0.2) is 46.9 Å². The third-order valence-corrected chi connectivity index (χ3v) is 4.01. The third-order valence-electron chi connectivity index (χ3n) is 2.91. The van der Waals surface area contributed by atoms with Crippen LogP contribution in [-0.2, 0) is 5.33 Å². The van der Waals surface area contributed by atoms with E-state index >= 15 is 0 Å². The lowest BCUT2D eigenvalue weighted by atomic mass is 10.1. The molecule has 4 heteroatoms. The predicted molar refractivity (Wildman–Crippen MR) is 85.9 cm³/mol. The van der Waals surface area contributed by atoms with Gasteiger partial charge in [-0.05, 0) is 48.9 Å². The van der Waals surface area contributed by atoms with Crippen molar-refractivity contribution in [3.63, 3.8) is 0 Å². The van der Waals surface area contributed by atoms with Crippen molar-refractivity contribution >= 4 is 43.2 Å². The van der Waals surface area contributed by atoms with Gasteiger partial charge in [-0.25, -0.2) is 4.39 Å². The summed E-state index contributed by atoms with van der Waals surface area (Å²) in [7, 11) is 0. The molecule has 0 aromatic heterocycles. The Morgan fingerprint density at radius 1 is 1.16 bits per heavy atom. The highest BCUT2D eigenvalue weighted by Crippen LogP contribution is 2.32. The molecule has 2 aromatic carbocycles. The zero-order valence-electron chi connectivity index (χ0n) is 10.5. The first-order valence-corrected chi connectivity index (χ1v) is 7.94. The fourth-order valence-corrected chi connectivity index (χ4v) is 2.92. The number of hydrogen-bond acceptors (Lipinski definition) is 1. The van der Waals surface area contributed by atoms with E-state index in [1.807, 2.05) is 12.1 Å². The van der Waals surface area contributed by atoms with Gasteiger partial charge in [0.05, 0.1) is 0 Å². The van der Waals surface area contributed by atoms with Gasteiger partial charge in [0.15, 0.2) is 0 Å². The van der Waals surface area contributed by atoms with Gasteiger partial charge in [-0.1, -0.05) is 37.9 Å². The average molecular weight is 387 g/mol. The number of rotatable bonds is 4. The van der Waals surface area contributed by atoms with E-state index in [1.165, 1.54) is 11.6 Å². The van der Waals surface area contributed by atoms with Gasteiger partial charge in [-0.3, -0.25) is 0 Å². The van der Waals surface area contributed by atoms with Gasteiger partial charge in [0.25, 0.3) is 0 Å². The summed E-state index contributed by atoms with van der Waals surface area (Å²) in [5, 5.41) is 0.758. The molecule has 0 saturated heterocycles. The summed E-state index contributed by atoms with van der Waals surface area (Å²) < 4.78 is 14.4. The zero-order valence-corrected chi connectivity index (χ0v) is 13.7. The van der Waals surface area contributed by atoms with Crippen LogP contribution in [0, 0.1) is 5.82 Å². The summed E-state index contributed by atoms with van der Waals surface area (Å²) in [4.78, 5) is 2.10. The molecule has 2 rings (SSSR count). The van der Waals surface area contributed by atoms with E-state index in [2.05, 4.69) is 55.8 Å². The van der Waals surface area contributed by atoms with Crippen molar-refractivity contribution in [2.75, 3.05) is 11.4 Å². The summed E-state index contributed by atoms with van der Waals surface area (Å²) in [5.74, 6) is -0.214. The van der Waals surface area contributed by atoms with Crippen LogP contribution in [0.2, 0.25) is 0 Å². The van der Waals surface area contributed by atoms with Gasteiger partial charge in [-0.2, -0.15) is 0 Å². The van der Waals surface area contributed by atoms with E-state index in [9.17, 15) is 4.39 Å². The number of anilines is 2. The first kappa shape index (κ1) is 14.5. The minimum Gasteiger partial charge on any atom is -0.341 e. The number of nitrogens with zero attached hydrogens (tertiary/aromatic N) is 1. The Bertz CT molecular complexity index is 572. The predicted octanol–water partition coefficient (Wildman–Crippen LogP) is 5.64. The molecule has 0 bridgehead atoms. The maximum Gasteiger partial charge on any atom is 0.125 e. The summed E-state index contributed by atoms with van der Waals surface area (Å²) in [5.41, 5.74) is 3.13. The van der Waals surface area contributed by atoms with Crippen LogP contribution in [0.25, 0.3) is 0 Å². The Hall–Kier alpha value is -0.870. The van der Waals surface area contributed by atoms with Crippen LogP contribution >= 0.6 is 31.9 Å². The standard InChI is InChI=1S/C15H14Br2FN/c1-2-19(14-5-3-4-13(18)9-14)15-7-6-12(17)8-11(15)10-16/h3-9H,2,10H2,1H3. The molecule has 0 atom stereocenters. The lowest BCUT2D eigenvalue weighted by molar-refractivity contribution is 0.627. The highest BCUT2D eigenvalue weighted by atomic mass is 79.9. The second kappa shape index (κ2) is 6.53. The molecule has 0 radical (unpaired) electrons. The molecule has 0 heterocycles. The molecule has 1 nitrogen and oxygen atoms in total. The monoisotopic (exact) mass is 385 g/mol. The molecule has 0 amide bonds. The summed E-state index contributed by atoms with van der Waals surface area (Å²) in [6, 6.07) is 12.8.